The average molecular weight is 209 g/mol. The number of nitrogens with one attached hydrogen (secondary N) is 1. The highest BCUT2D eigenvalue weighted by Crippen LogP contribution is 2.05. The molecule has 0 aliphatic rings. The Morgan fingerprint density at radius 3 is 2.87 bits per heavy atom. The number of anilines is 1. The van der Waals surface area contributed by atoms with Crippen LogP contribution in [0.25, 0.3) is 0 Å². The summed E-state index contributed by atoms with van der Waals surface area (Å²) in [7, 11) is 0. The molecule has 1 unspecified atom stereocenters. The fourth-order valence-electron chi connectivity index (χ4n) is 0.988. The Morgan fingerprint density at radius 1 is 1.67 bits per heavy atom. The summed E-state index contributed by atoms with van der Waals surface area (Å²) in [5.41, 5.74) is 5.46. The van der Waals surface area contributed by atoms with E-state index in [2.05, 4.69) is 10.3 Å². The molecule has 1 aromatic rings. The van der Waals surface area contributed by atoms with Gasteiger partial charge in [0.15, 0.2) is 0 Å². The molecule has 0 saturated heterocycles. The van der Waals surface area contributed by atoms with E-state index in [-0.39, 0.29) is 12.5 Å². The molecule has 1 rings (SSSR count). The lowest BCUT2D eigenvalue weighted by molar-refractivity contribution is 0.1000. The van der Waals surface area contributed by atoms with Gasteiger partial charge >= 0.3 is 0 Å². The Balaban J connectivity index is 2.53. The molecule has 1 atom stereocenters. The summed E-state index contributed by atoms with van der Waals surface area (Å²) >= 11 is 0. The SMILES string of the molecule is CC(CO)CNc1ccc(C(N)=O)cn1. The van der Waals surface area contributed by atoms with Gasteiger partial charge in [0.1, 0.15) is 5.82 Å². The molecule has 0 aromatic carbocycles. The number of nitrogens with two attached hydrogens (primary N) is 1. The van der Waals surface area contributed by atoms with Crippen LogP contribution in [0.2, 0.25) is 0 Å². The van der Waals surface area contributed by atoms with Crippen LogP contribution in [0.4, 0.5) is 5.82 Å². The first-order chi connectivity index (χ1) is 7.13. The van der Waals surface area contributed by atoms with E-state index in [1.165, 1.54) is 6.20 Å². The molecule has 0 fully saturated rings. The number of rotatable bonds is 5. The van der Waals surface area contributed by atoms with E-state index in [1.807, 2.05) is 6.92 Å². The van der Waals surface area contributed by atoms with Crippen LogP contribution in [0.3, 0.4) is 0 Å². The highest BCUT2D eigenvalue weighted by atomic mass is 16.3. The van der Waals surface area contributed by atoms with Gasteiger partial charge in [-0.3, -0.25) is 4.79 Å². The molecule has 15 heavy (non-hydrogen) atoms. The lowest BCUT2D eigenvalue weighted by atomic mass is 10.2. The summed E-state index contributed by atoms with van der Waals surface area (Å²) in [6, 6.07) is 3.30. The van der Waals surface area contributed by atoms with Gasteiger partial charge in [-0.05, 0) is 18.1 Å². The maximum atomic E-state index is 10.8. The number of primary amides is 1. The second-order valence-electron chi connectivity index (χ2n) is 3.47. The Kier molecular flexibility index (Phi) is 4.05. The minimum atomic E-state index is -0.488. The topological polar surface area (TPSA) is 88.2 Å². The smallest absolute Gasteiger partial charge is 0.250 e. The number of amides is 1. The maximum absolute atomic E-state index is 10.8. The first-order valence-corrected chi connectivity index (χ1v) is 4.74. The zero-order valence-electron chi connectivity index (χ0n) is 8.60. The molecule has 0 aliphatic heterocycles. The van der Waals surface area contributed by atoms with Crippen LogP contribution in [0.1, 0.15) is 17.3 Å². The molecular formula is C10H15N3O2. The quantitative estimate of drug-likeness (QED) is 0.647. The van der Waals surface area contributed by atoms with Gasteiger partial charge in [0, 0.05) is 19.3 Å². The Bertz CT molecular complexity index is 324. The van der Waals surface area contributed by atoms with Crippen molar-refractivity contribution in [1.29, 1.82) is 0 Å². The van der Waals surface area contributed by atoms with Gasteiger partial charge in [-0.15, -0.1) is 0 Å². The van der Waals surface area contributed by atoms with E-state index in [0.717, 1.165) is 0 Å². The monoisotopic (exact) mass is 209 g/mol. The molecule has 0 bridgehead atoms. The number of carbonyl (C=O) groups is 1. The number of carbonyl (C=O) groups excluding carboxylic acids is 1. The minimum Gasteiger partial charge on any atom is -0.396 e. The summed E-state index contributed by atoms with van der Waals surface area (Å²) < 4.78 is 0. The Hall–Kier alpha value is -1.62. The number of hydrogen-bond donors (Lipinski definition) is 3. The van der Waals surface area contributed by atoms with Gasteiger partial charge in [0.05, 0.1) is 5.56 Å². The largest absolute Gasteiger partial charge is 0.396 e. The number of pyridine rings is 1. The molecule has 82 valence electrons. The van der Waals surface area contributed by atoms with E-state index < -0.39 is 5.91 Å². The molecular weight excluding hydrogens is 194 g/mol. The van der Waals surface area contributed by atoms with Gasteiger partial charge in [0.25, 0.3) is 0 Å². The van der Waals surface area contributed by atoms with E-state index in [4.69, 9.17) is 10.8 Å². The summed E-state index contributed by atoms with van der Waals surface area (Å²) in [6.07, 6.45) is 1.42. The fraction of sp³-hybridized carbons (Fsp3) is 0.400. The van der Waals surface area contributed by atoms with Gasteiger partial charge in [0.2, 0.25) is 5.91 Å². The summed E-state index contributed by atoms with van der Waals surface area (Å²) in [4.78, 5) is 14.8. The van der Waals surface area contributed by atoms with Crippen molar-refractivity contribution in [2.45, 2.75) is 6.92 Å². The number of aliphatic hydroxyl groups excluding tert-OH is 1. The Morgan fingerprint density at radius 2 is 2.40 bits per heavy atom. The standard InChI is InChI=1S/C10H15N3O2/c1-7(6-14)4-12-9-3-2-8(5-13-9)10(11)15/h2-3,5,7,14H,4,6H2,1H3,(H2,11,15)(H,12,13). The van der Waals surface area contributed by atoms with E-state index in [0.29, 0.717) is 17.9 Å². The van der Waals surface area contributed by atoms with Crippen molar-refractivity contribution in [2.75, 3.05) is 18.5 Å². The van der Waals surface area contributed by atoms with Gasteiger partial charge < -0.3 is 16.2 Å². The average Bonchev–Trinajstić information content (AvgIpc) is 2.26. The molecule has 1 amide bonds. The van der Waals surface area contributed by atoms with Crippen LogP contribution in [0.5, 0.6) is 0 Å². The van der Waals surface area contributed by atoms with E-state index in [9.17, 15) is 4.79 Å². The second-order valence-corrected chi connectivity index (χ2v) is 3.47. The Labute approximate surface area is 88.3 Å². The van der Waals surface area contributed by atoms with Gasteiger partial charge in [-0.2, -0.15) is 0 Å². The second kappa shape index (κ2) is 5.31. The van der Waals surface area contributed by atoms with Crippen molar-refractivity contribution in [3.63, 3.8) is 0 Å². The molecule has 5 heteroatoms. The van der Waals surface area contributed by atoms with E-state index in [1.54, 1.807) is 12.1 Å². The fourth-order valence-corrected chi connectivity index (χ4v) is 0.988. The van der Waals surface area contributed by atoms with Crippen molar-refractivity contribution < 1.29 is 9.90 Å². The highest BCUT2D eigenvalue weighted by Gasteiger charge is 2.02. The van der Waals surface area contributed by atoms with Gasteiger partial charge in [-0.1, -0.05) is 6.92 Å². The highest BCUT2D eigenvalue weighted by molar-refractivity contribution is 5.92. The first kappa shape index (κ1) is 11.5. The predicted molar refractivity (Wildman–Crippen MR) is 57.5 cm³/mol. The molecule has 1 heterocycles. The number of nitrogens with zero attached hydrogens (tertiary/aromatic N) is 1. The normalized spacial score (nSPS) is 12.1. The first-order valence-electron chi connectivity index (χ1n) is 4.74. The third kappa shape index (κ3) is 3.55. The third-order valence-electron chi connectivity index (χ3n) is 1.99. The molecule has 0 spiro atoms. The zero-order valence-corrected chi connectivity index (χ0v) is 8.60. The van der Waals surface area contributed by atoms with Crippen molar-refractivity contribution >= 4 is 11.7 Å². The number of aliphatic hydroxyl groups is 1. The van der Waals surface area contributed by atoms with Crippen LogP contribution in [-0.2, 0) is 0 Å². The van der Waals surface area contributed by atoms with Crippen molar-refractivity contribution in [3.05, 3.63) is 23.9 Å². The lowest BCUT2D eigenvalue weighted by Crippen LogP contribution is -2.16. The summed E-state index contributed by atoms with van der Waals surface area (Å²) in [5, 5.41) is 11.8. The van der Waals surface area contributed by atoms with Crippen molar-refractivity contribution in [2.24, 2.45) is 11.7 Å². The van der Waals surface area contributed by atoms with Crippen molar-refractivity contribution in [1.82, 2.24) is 4.98 Å². The third-order valence-corrected chi connectivity index (χ3v) is 1.99. The van der Waals surface area contributed by atoms with E-state index >= 15 is 0 Å². The van der Waals surface area contributed by atoms with Gasteiger partial charge in [-0.25, -0.2) is 4.98 Å². The molecule has 4 N–H and O–H groups in total. The minimum absolute atomic E-state index is 0.131. The molecule has 0 saturated carbocycles. The lowest BCUT2D eigenvalue weighted by Gasteiger charge is -2.09. The van der Waals surface area contributed by atoms with Crippen LogP contribution < -0.4 is 11.1 Å². The van der Waals surface area contributed by atoms with Crippen LogP contribution in [-0.4, -0.2) is 29.1 Å². The summed E-state index contributed by atoms with van der Waals surface area (Å²) in [5.74, 6) is 0.348. The van der Waals surface area contributed by atoms with Crippen LogP contribution in [0.15, 0.2) is 18.3 Å². The molecule has 1 aromatic heterocycles. The predicted octanol–water partition coefficient (Wildman–Crippen LogP) is 0.221. The molecule has 0 radical (unpaired) electrons. The zero-order chi connectivity index (χ0) is 11.3. The van der Waals surface area contributed by atoms with Crippen molar-refractivity contribution in [3.8, 4) is 0 Å². The number of hydrogen-bond acceptors (Lipinski definition) is 4. The van der Waals surface area contributed by atoms with Crippen LogP contribution in [0, 0.1) is 5.92 Å². The number of aromatic nitrogens is 1. The summed E-state index contributed by atoms with van der Waals surface area (Å²) in [6.45, 7) is 2.69. The molecule has 5 nitrogen and oxygen atoms in total. The molecule has 0 aliphatic carbocycles. The van der Waals surface area contributed by atoms with Crippen LogP contribution >= 0.6 is 0 Å². The maximum Gasteiger partial charge on any atom is 0.250 e.